The van der Waals surface area contributed by atoms with E-state index in [4.69, 9.17) is 9.47 Å². The minimum Gasteiger partial charge on any atom is -0.497 e. The van der Waals surface area contributed by atoms with Crippen LogP contribution in [0.3, 0.4) is 0 Å². The summed E-state index contributed by atoms with van der Waals surface area (Å²) in [6.07, 6.45) is 0.122. The zero-order chi connectivity index (χ0) is 27.4. The van der Waals surface area contributed by atoms with Crippen LogP contribution in [0, 0.1) is 0 Å². The molecule has 0 radical (unpaired) electrons. The lowest BCUT2D eigenvalue weighted by atomic mass is 10.0. The van der Waals surface area contributed by atoms with Gasteiger partial charge in [0.2, 0.25) is 5.91 Å². The van der Waals surface area contributed by atoms with Crippen LogP contribution in [0.5, 0.6) is 5.75 Å². The Bertz CT molecular complexity index is 1690. The Labute approximate surface area is 228 Å². The molecule has 0 spiro atoms. The van der Waals surface area contributed by atoms with Crippen molar-refractivity contribution in [1.82, 2.24) is 9.78 Å². The quantitative estimate of drug-likeness (QED) is 0.262. The van der Waals surface area contributed by atoms with Crippen LogP contribution in [0.25, 0.3) is 27.6 Å². The second-order valence-corrected chi connectivity index (χ2v) is 9.51. The Morgan fingerprint density at radius 2 is 1.64 bits per heavy atom. The molecule has 2 aromatic heterocycles. The third kappa shape index (κ3) is 5.44. The highest BCUT2D eigenvalue weighted by molar-refractivity contribution is 7.16. The number of nitrogens with one attached hydrogen (secondary N) is 1. The van der Waals surface area contributed by atoms with Gasteiger partial charge in [-0.05, 0) is 47.9 Å². The molecule has 0 unspecified atom stereocenters. The molecule has 0 aliphatic heterocycles. The van der Waals surface area contributed by atoms with Crippen LogP contribution < -0.4 is 15.6 Å². The molecule has 0 aliphatic rings. The molecule has 9 heteroatoms. The van der Waals surface area contributed by atoms with E-state index in [0.29, 0.717) is 21.8 Å². The fraction of sp³-hybridized carbons (Fsp3) is 0.133. The highest BCUT2D eigenvalue weighted by Gasteiger charge is 2.23. The van der Waals surface area contributed by atoms with E-state index in [1.54, 1.807) is 43.7 Å². The molecule has 0 saturated carbocycles. The van der Waals surface area contributed by atoms with Crippen molar-refractivity contribution in [3.8, 4) is 22.6 Å². The average molecular weight is 540 g/mol. The molecular formula is C30H25N3O5S. The lowest BCUT2D eigenvalue weighted by Crippen LogP contribution is -2.25. The number of thiophene rings is 1. The summed E-state index contributed by atoms with van der Waals surface area (Å²) >= 11 is 1.16. The van der Waals surface area contributed by atoms with Gasteiger partial charge >= 0.3 is 5.97 Å². The standard InChI is InChI=1S/C30H25N3O5S/c1-3-38-30(36)27-24-18-39-28(26(24)29(35)33(32-27)22-13-15-23(37-2)16-14-22)31-25(34)17-19-9-11-21(12-10-19)20-7-5-4-6-8-20/h4-16,18H,3,17H2,1-2H3,(H,31,34). The maximum atomic E-state index is 13.6. The van der Waals surface area contributed by atoms with E-state index in [1.807, 2.05) is 54.6 Å². The van der Waals surface area contributed by atoms with Gasteiger partial charge in [0.25, 0.3) is 5.56 Å². The molecule has 0 bridgehead atoms. The molecular weight excluding hydrogens is 514 g/mol. The van der Waals surface area contributed by atoms with Gasteiger partial charge in [0.15, 0.2) is 5.69 Å². The monoisotopic (exact) mass is 539 g/mol. The molecule has 0 fully saturated rings. The first-order valence-corrected chi connectivity index (χ1v) is 13.2. The fourth-order valence-corrected chi connectivity index (χ4v) is 5.15. The summed E-state index contributed by atoms with van der Waals surface area (Å²) in [7, 11) is 1.54. The van der Waals surface area contributed by atoms with E-state index >= 15 is 0 Å². The number of amides is 1. The fourth-order valence-electron chi connectivity index (χ4n) is 4.19. The highest BCUT2D eigenvalue weighted by atomic mass is 32.1. The molecule has 5 aromatic rings. The number of benzene rings is 3. The summed E-state index contributed by atoms with van der Waals surface area (Å²) < 4.78 is 11.5. The number of carbonyl (C=O) groups is 2. The molecule has 39 heavy (non-hydrogen) atoms. The first kappa shape index (κ1) is 25.9. The Morgan fingerprint density at radius 1 is 0.949 bits per heavy atom. The van der Waals surface area contributed by atoms with Crippen LogP contribution in [0.15, 0.2) is 89.0 Å². The number of fused-ring (bicyclic) bond motifs is 1. The van der Waals surface area contributed by atoms with E-state index in [2.05, 4.69) is 10.4 Å². The van der Waals surface area contributed by atoms with E-state index in [9.17, 15) is 14.4 Å². The summed E-state index contributed by atoms with van der Waals surface area (Å²) in [6.45, 7) is 1.85. The summed E-state index contributed by atoms with van der Waals surface area (Å²) in [5.41, 5.74) is 2.95. The molecule has 1 N–H and O–H groups in total. The number of methoxy groups -OCH3 is 1. The molecule has 0 aliphatic carbocycles. The number of hydrogen-bond acceptors (Lipinski definition) is 7. The second kappa shape index (κ2) is 11.3. The smallest absolute Gasteiger partial charge is 0.359 e. The van der Waals surface area contributed by atoms with E-state index < -0.39 is 11.5 Å². The largest absolute Gasteiger partial charge is 0.497 e. The van der Waals surface area contributed by atoms with Crippen molar-refractivity contribution in [3.05, 3.63) is 106 Å². The van der Waals surface area contributed by atoms with Gasteiger partial charge in [-0.3, -0.25) is 9.59 Å². The molecule has 2 heterocycles. The van der Waals surface area contributed by atoms with Crippen LogP contribution in [0.1, 0.15) is 23.0 Å². The minimum absolute atomic E-state index is 0.00415. The number of rotatable bonds is 8. The molecule has 196 valence electrons. The highest BCUT2D eigenvalue weighted by Crippen LogP contribution is 2.31. The molecule has 8 nitrogen and oxygen atoms in total. The van der Waals surface area contributed by atoms with Gasteiger partial charge in [-0.1, -0.05) is 54.6 Å². The summed E-state index contributed by atoms with van der Waals surface area (Å²) in [6, 6.07) is 24.5. The third-order valence-electron chi connectivity index (χ3n) is 6.12. The summed E-state index contributed by atoms with van der Waals surface area (Å²) in [5.74, 6) is -0.325. The predicted octanol–water partition coefficient (Wildman–Crippen LogP) is 5.48. The molecule has 0 atom stereocenters. The van der Waals surface area contributed by atoms with Crippen molar-refractivity contribution in [2.24, 2.45) is 0 Å². The van der Waals surface area contributed by atoms with Crippen molar-refractivity contribution in [2.45, 2.75) is 13.3 Å². The van der Waals surface area contributed by atoms with Crippen LogP contribution >= 0.6 is 11.3 Å². The zero-order valence-corrected chi connectivity index (χ0v) is 22.2. The Kier molecular flexibility index (Phi) is 7.51. The second-order valence-electron chi connectivity index (χ2n) is 8.63. The summed E-state index contributed by atoms with van der Waals surface area (Å²) in [4.78, 5) is 39.3. The molecule has 1 amide bonds. The number of aromatic nitrogens is 2. The first-order valence-electron chi connectivity index (χ1n) is 12.3. The number of hydrogen-bond donors (Lipinski definition) is 1. The predicted molar refractivity (Wildman–Crippen MR) is 152 cm³/mol. The van der Waals surface area contributed by atoms with Crippen molar-refractivity contribution in [1.29, 1.82) is 0 Å². The minimum atomic E-state index is -0.654. The number of carbonyl (C=O) groups excluding carboxylic acids is 2. The normalized spacial score (nSPS) is 10.8. The van der Waals surface area contributed by atoms with Crippen molar-refractivity contribution in [2.75, 3.05) is 19.0 Å². The molecule has 0 saturated heterocycles. The topological polar surface area (TPSA) is 99.5 Å². The van der Waals surface area contributed by atoms with Gasteiger partial charge < -0.3 is 14.8 Å². The lowest BCUT2D eigenvalue weighted by Gasteiger charge is -2.10. The zero-order valence-electron chi connectivity index (χ0n) is 21.3. The van der Waals surface area contributed by atoms with Gasteiger partial charge in [0.1, 0.15) is 10.8 Å². The summed E-state index contributed by atoms with van der Waals surface area (Å²) in [5, 5.41) is 9.69. The maximum Gasteiger partial charge on any atom is 0.359 e. The van der Waals surface area contributed by atoms with Gasteiger partial charge in [-0.2, -0.15) is 9.78 Å². The van der Waals surface area contributed by atoms with Gasteiger partial charge in [0, 0.05) is 10.8 Å². The van der Waals surface area contributed by atoms with Crippen LogP contribution in [-0.2, 0) is 16.0 Å². The van der Waals surface area contributed by atoms with E-state index in [0.717, 1.165) is 32.7 Å². The molecule has 5 rings (SSSR count). The SMILES string of the molecule is CCOC(=O)c1nn(-c2ccc(OC)cc2)c(=O)c2c(NC(=O)Cc3ccc(-c4ccccc4)cc3)scc12. The van der Waals surface area contributed by atoms with E-state index in [1.165, 1.54) is 0 Å². The van der Waals surface area contributed by atoms with Crippen molar-refractivity contribution in [3.63, 3.8) is 0 Å². The molecule has 3 aromatic carbocycles. The van der Waals surface area contributed by atoms with Crippen LogP contribution in [-0.4, -0.2) is 35.4 Å². The average Bonchev–Trinajstić information content (AvgIpc) is 3.38. The van der Waals surface area contributed by atoms with Crippen LogP contribution in [0.2, 0.25) is 0 Å². The Balaban J connectivity index is 1.46. The van der Waals surface area contributed by atoms with Crippen LogP contribution in [0.4, 0.5) is 5.00 Å². The van der Waals surface area contributed by atoms with Crippen molar-refractivity contribution >= 4 is 39.0 Å². The number of anilines is 1. The lowest BCUT2D eigenvalue weighted by molar-refractivity contribution is -0.115. The Morgan fingerprint density at radius 3 is 2.31 bits per heavy atom. The van der Waals surface area contributed by atoms with Gasteiger partial charge in [-0.15, -0.1) is 11.3 Å². The number of nitrogens with zero attached hydrogens (tertiary/aromatic N) is 2. The maximum absolute atomic E-state index is 13.6. The van der Waals surface area contributed by atoms with Gasteiger partial charge in [0.05, 0.1) is 31.2 Å². The van der Waals surface area contributed by atoms with E-state index in [-0.39, 0.29) is 30.0 Å². The van der Waals surface area contributed by atoms with Crippen molar-refractivity contribution < 1.29 is 19.1 Å². The number of esters is 1. The number of ether oxygens (including phenoxy) is 2. The third-order valence-corrected chi connectivity index (χ3v) is 7.01. The Hall–Kier alpha value is -4.76. The first-order chi connectivity index (χ1) is 19.0. The van der Waals surface area contributed by atoms with Gasteiger partial charge in [-0.25, -0.2) is 4.79 Å².